The molecule has 172 valence electrons. The number of carbonyl (C=O) groups is 1. The molecule has 1 aliphatic rings. The highest BCUT2D eigenvalue weighted by Gasteiger charge is 2.17. The molecule has 0 unspecified atom stereocenters. The Balaban J connectivity index is 1.33. The molecule has 3 aromatic rings. The number of aromatic nitrogens is 2. The molecule has 6 nitrogen and oxygen atoms in total. The van der Waals surface area contributed by atoms with E-state index in [0.29, 0.717) is 24.0 Å². The van der Waals surface area contributed by atoms with Crippen LogP contribution in [0.25, 0.3) is 11.3 Å². The van der Waals surface area contributed by atoms with Gasteiger partial charge < -0.3 is 15.5 Å². The number of nitrogens with zero attached hydrogens (tertiary/aromatic N) is 3. The number of hydrogen-bond donors (Lipinski definition) is 2. The van der Waals surface area contributed by atoms with Crippen molar-refractivity contribution in [2.45, 2.75) is 45.6 Å². The molecule has 0 bridgehead atoms. The largest absolute Gasteiger partial charge is 0.352 e. The number of aryl methyl sites for hydroxylation is 1. The summed E-state index contributed by atoms with van der Waals surface area (Å²) in [7, 11) is 0. The molecule has 1 aromatic heterocycles. The van der Waals surface area contributed by atoms with Gasteiger partial charge in [-0.1, -0.05) is 36.2 Å². The first kappa shape index (κ1) is 22.9. The first-order valence-corrected chi connectivity index (χ1v) is 11.9. The summed E-state index contributed by atoms with van der Waals surface area (Å²) < 4.78 is 0. The normalized spacial score (nSPS) is 16.4. The number of carbonyl (C=O) groups excluding carboxylic acids is 1. The highest BCUT2D eigenvalue weighted by atomic mass is 16.1. The Morgan fingerprint density at radius 1 is 1.09 bits per heavy atom. The zero-order valence-electron chi connectivity index (χ0n) is 19.6. The van der Waals surface area contributed by atoms with E-state index in [-0.39, 0.29) is 5.91 Å². The summed E-state index contributed by atoms with van der Waals surface area (Å²) >= 11 is 0. The summed E-state index contributed by atoms with van der Waals surface area (Å²) in [5.41, 5.74) is 4.54. The van der Waals surface area contributed by atoms with Gasteiger partial charge in [-0.3, -0.25) is 4.79 Å². The molecule has 1 aliphatic heterocycles. The second-order valence-corrected chi connectivity index (χ2v) is 8.85. The van der Waals surface area contributed by atoms with Crippen molar-refractivity contribution >= 4 is 17.4 Å². The molecular formula is C27H33N5O. The van der Waals surface area contributed by atoms with Gasteiger partial charge in [-0.25, -0.2) is 9.97 Å². The third-order valence-electron chi connectivity index (χ3n) is 6.23. The average molecular weight is 444 g/mol. The van der Waals surface area contributed by atoms with E-state index in [4.69, 9.17) is 0 Å². The Labute approximate surface area is 196 Å². The van der Waals surface area contributed by atoms with Gasteiger partial charge in [0.25, 0.3) is 5.91 Å². The number of nitrogens with one attached hydrogen (secondary N) is 2. The monoisotopic (exact) mass is 443 g/mol. The van der Waals surface area contributed by atoms with Crippen LogP contribution in [-0.2, 0) is 0 Å². The summed E-state index contributed by atoms with van der Waals surface area (Å²) in [4.78, 5) is 23.9. The molecule has 4 rings (SSSR count). The highest BCUT2D eigenvalue weighted by Crippen LogP contribution is 2.22. The van der Waals surface area contributed by atoms with E-state index in [1.165, 1.54) is 31.4 Å². The second kappa shape index (κ2) is 11.1. The van der Waals surface area contributed by atoms with Gasteiger partial charge in [0.2, 0.25) is 0 Å². The molecular weight excluding hydrogens is 410 g/mol. The number of amides is 1. The van der Waals surface area contributed by atoms with Crippen LogP contribution in [0, 0.1) is 6.92 Å². The van der Waals surface area contributed by atoms with Crippen LogP contribution in [0.4, 0.5) is 11.5 Å². The molecule has 6 heteroatoms. The fourth-order valence-corrected chi connectivity index (χ4v) is 4.35. The van der Waals surface area contributed by atoms with E-state index < -0.39 is 0 Å². The van der Waals surface area contributed by atoms with Crippen LogP contribution in [0.1, 0.15) is 48.5 Å². The number of benzene rings is 2. The van der Waals surface area contributed by atoms with Crippen molar-refractivity contribution in [3.8, 4) is 11.3 Å². The van der Waals surface area contributed by atoms with Gasteiger partial charge in [-0.05, 0) is 63.9 Å². The number of piperidine rings is 1. The lowest BCUT2D eigenvalue weighted by Crippen LogP contribution is -2.39. The number of likely N-dealkylation sites (tertiary alicyclic amines) is 1. The zero-order chi connectivity index (χ0) is 23.0. The molecule has 0 spiro atoms. The maximum atomic E-state index is 12.7. The molecule has 33 heavy (non-hydrogen) atoms. The Kier molecular flexibility index (Phi) is 7.68. The molecule has 2 aromatic carbocycles. The van der Waals surface area contributed by atoms with Crippen molar-refractivity contribution in [2.75, 3.05) is 25.0 Å². The van der Waals surface area contributed by atoms with Crippen molar-refractivity contribution < 1.29 is 4.79 Å². The lowest BCUT2D eigenvalue weighted by atomic mass is 10.0. The van der Waals surface area contributed by atoms with Gasteiger partial charge >= 0.3 is 0 Å². The van der Waals surface area contributed by atoms with Crippen molar-refractivity contribution in [2.24, 2.45) is 0 Å². The minimum absolute atomic E-state index is 0.0477. The van der Waals surface area contributed by atoms with Crippen LogP contribution in [0.15, 0.2) is 60.9 Å². The summed E-state index contributed by atoms with van der Waals surface area (Å²) in [6, 6.07) is 18.3. The molecule has 1 atom stereocenters. The van der Waals surface area contributed by atoms with Gasteiger partial charge in [0.15, 0.2) is 0 Å². The Hall–Kier alpha value is -3.25. The molecule has 0 radical (unpaired) electrons. The zero-order valence-corrected chi connectivity index (χ0v) is 19.6. The molecule has 0 saturated carbocycles. The molecule has 2 N–H and O–H groups in total. The van der Waals surface area contributed by atoms with Gasteiger partial charge in [-0.2, -0.15) is 0 Å². The van der Waals surface area contributed by atoms with Crippen LogP contribution < -0.4 is 10.6 Å². The lowest BCUT2D eigenvalue weighted by molar-refractivity contribution is 0.0949. The fraction of sp³-hybridized carbons (Fsp3) is 0.370. The van der Waals surface area contributed by atoms with E-state index in [1.54, 1.807) is 6.33 Å². The van der Waals surface area contributed by atoms with Gasteiger partial charge in [0, 0.05) is 42.0 Å². The molecule has 1 saturated heterocycles. The fourth-order valence-electron chi connectivity index (χ4n) is 4.35. The van der Waals surface area contributed by atoms with Crippen molar-refractivity contribution in [3.63, 3.8) is 0 Å². The average Bonchev–Trinajstić information content (AvgIpc) is 2.83. The van der Waals surface area contributed by atoms with Crippen LogP contribution >= 0.6 is 0 Å². The number of hydrogen-bond acceptors (Lipinski definition) is 5. The van der Waals surface area contributed by atoms with Crippen LogP contribution in [0.3, 0.4) is 0 Å². The van der Waals surface area contributed by atoms with Crippen LogP contribution in [0.5, 0.6) is 0 Å². The quantitative estimate of drug-likeness (QED) is 0.469. The maximum Gasteiger partial charge on any atom is 0.251 e. The molecule has 0 aliphatic carbocycles. The molecule has 1 amide bonds. The first-order chi connectivity index (χ1) is 16.1. The summed E-state index contributed by atoms with van der Waals surface area (Å²) in [5.74, 6) is 0.642. The Morgan fingerprint density at radius 2 is 1.97 bits per heavy atom. The first-order valence-electron chi connectivity index (χ1n) is 11.9. The van der Waals surface area contributed by atoms with E-state index in [0.717, 1.165) is 29.9 Å². The van der Waals surface area contributed by atoms with E-state index in [9.17, 15) is 4.79 Å². The third kappa shape index (κ3) is 6.39. The molecule has 1 fully saturated rings. The standard InChI is InChI=1S/C27H33N5O/c1-20-8-5-10-22(16-20)25-18-26(30-19-29-25)31-24-12-6-11-23(17-24)27(33)28-13-7-15-32-14-4-3-9-21(32)2/h5-6,8,10-12,16-19,21H,3-4,7,9,13-15H2,1-2H3,(H,28,33)(H,29,30,31)/t21-/m0/s1. The van der Waals surface area contributed by atoms with E-state index in [2.05, 4.69) is 51.5 Å². The van der Waals surface area contributed by atoms with Crippen molar-refractivity contribution in [3.05, 3.63) is 72.1 Å². The Morgan fingerprint density at radius 3 is 2.82 bits per heavy atom. The predicted octanol–water partition coefficient (Wildman–Crippen LogP) is 5.19. The lowest BCUT2D eigenvalue weighted by Gasteiger charge is -2.33. The van der Waals surface area contributed by atoms with Gasteiger partial charge in [0.1, 0.15) is 12.1 Å². The highest BCUT2D eigenvalue weighted by molar-refractivity contribution is 5.95. The number of anilines is 2. The van der Waals surface area contributed by atoms with E-state index in [1.807, 2.05) is 42.5 Å². The second-order valence-electron chi connectivity index (χ2n) is 8.85. The topological polar surface area (TPSA) is 70.2 Å². The SMILES string of the molecule is Cc1cccc(-c2cc(Nc3cccc(C(=O)NCCCN4CCCC[C@@H]4C)c3)ncn2)c1. The summed E-state index contributed by atoms with van der Waals surface area (Å²) in [5, 5.41) is 6.36. The summed E-state index contributed by atoms with van der Waals surface area (Å²) in [6.45, 7) is 7.27. The minimum atomic E-state index is -0.0477. The van der Waals surface area contributed by atoms with Crippen LogP contribution in [-0.4, -0.2) is 46.5 Å². The van der Waals surface area contributed by atoms with Crippen molar-refractivity contribution in [1.82, 2.24) is 20.2 Å². The predicted molar refractivity (Wildman–Crippen MR) is 134 cm³/mol. The van der Waals surface area contributed by atoms with E-state index >= 15 is 0 Å². The maximum absolute atomic E-state index is 12.7. The van der Waals surface area contributed by atoms with Gasteiger partial charge in [-0.15, -0.1) is 0 Å². The number of rotatable bonds is 8. The van der Waals surface area contributed by atoms with Crippen molar-refractivity contribution in [1.29, 1.82) is 0 Å². The minimum Gasteiger partial charge on any atom is -0.352 e. The molecule has 2 heterocycles. The third-order valence-corrected chi connectivity index (χ3v) is 6.23. The smallest absolute Gasteiger partial charge is 0.251 e. The Bertz CT molecular complexity index is 1080. The van der Waals surface area contributed by atoms with Gasteiger partial charge in [0.05, 0.1) is 5.69 Å². The van der Waals surface area contributed by atoms with Crippen LogP contribution in [0.2, 0.25) is 0 Å². The summed E-state index contributed by atoms with van der Waals surface area (Å²) in [6.07, 6.45) is 6.43.